The zero-order valence-corrected chi connectivity index (χ0v) is 23.4. The second-order valence-electron chi connectivity index (χ2n) is 8.63. The molecular weight excluding hydrogens is 627 g/mol. The van der Waals surface area contributed by atoms with Crippen molar-refractivity contribution in [3.8, 4) is 17.1 Å². The maximum Gasteiger partial charge on any atom is 0.303 e. The lowest BCUT2D eigenvalue weighted by Gasteiger charge is -2.23. The monoisotopic (exact) mass is 650 g/mol. The SMILES string of the molecule is COc1ccc(-c2nnc3c4ncn([C@@H]5O[C@H](COC(C)=O)[C@@H](OC(C)=O)[C@H]5OC(C)=O)c4nc(I)n23)cc1. The minimum absolute atomic E-state index is 0.223. The molecule has 5 rings (SSSR count). The lowest BCUT2D eigenvalue weighted by Crippen LogP contribution is -2.40. The molecule has 0 radical (unpaired) electrons. The van der Waals surface area contributed by atoms with E-state index in [2.05, 4.69) is 37.8 Å². The van der Waals surface area contributed by atoms with E-state index in [1.165, 1.54) is 27.1 Å². The van der Waals surface area contributed by atoms with Gasteiger partial charge in [0.25, 0.3) is 0 Å². The molecule has 1 aromatic carbocycles. The molecule has 0 amide bonds. The first-order valence-corrected chi connectivity index (χ1v) is 12.8. The number of ether oxygens (including phenoxy) is 5. The third kappa shape index (κ3) is 5.10. The highest BCUT2D eigenvalue weighted by Gasteiger charge is 2.51. The number of aromatic nitrogens is 6. The van der Waals surface area contributed by atoms with Crippen molar-refractivity contribution in [3.63, 3.8) is 0 Å². The topological polar surface area (TPSA) is 158 Å². The Balaban J connectivity index is 1.58. The molecule has 39 heavy (non-hydrogen) atoms. The van der Waals surface area contributed by atoms with Crippen LogP contribution in [0, 0.1) is 3.83 Å². The summed E-state index contributed by atoms with van der Waals surface area (Å²) in [6, 6.07) is 7.37. The number of hydrogen-bond donors (Lipinski definition) is 0. The number of nitrogens with zero attached hydrogens (tertiary/aromatic N) is 6. The third-order valence-electron chi connectivity index (χ3n) is 5.99. The molecule has 4 heterocycles. The number of imidazole rings is 1. The number of carbonyl (C=O) groups is 3. The quantitative estimate of drug-likeness (QED) is 0.124. The predicted molar refractivity (Wildman–Crippen MR) is 140 cm³/mol. The predicted octanol–water partition coefficient (Wildman–Crippen LogP) is 2.08. The summed E-state index contributed by atoms with van der Waals surface area (Å²) in [5, 5.41) is 8.72. The normalized spacial score (nSPS) is 20.7. The van der Waals surface area contributed by atoms with Gasteiger partial charge in [-0.05, 0) is 24.3 Å². The molecule has 0 spiro atoms. The molecule has 0 aliphatic carbocycles. The van der Waals surface area contributed by atoms with Gasteiger partial charge in [-0.15, -0.1) is 10.2 Å². The highest BCUT2D eigenvalue weighted by molar-refractivity contribution is 14.1. The summed E-state index contributed by atoms with van der Waals surface area (Å²) >= 11 is 2.07. The molecule has 204 valence electrons. The Morgan fingerprint density at radius 3 is 2.31 bits per heavy atom. The van der Waals surface area contributed by atoms with Crippen molar-refractivity contribution in [2.24, 2.45) is 0 Å². The minimum Gasteiger partial charge on any atom is -0.497 e. The summed E-state index contributed by atoms with van der Waals surface area (Å²) in [6.45, 7) is 3.48. The third-order valence-corrected chi connectivity index (χ3v) is 6.71. The number of esters is 3. The van der Waals surface area contributed by atoms with Crippen LogP contribution in [0.25, 0.3) is 28.2 Å². The Morgan fingerprint density at radius 2 is 1.67 bits per heavy atom. The lowest BCUT2D eigenvalue weighted by atomic mass is 10.1. The van der Waals surface area contributed by atoms with Crippen LogP contribution in [0.3, 0.4) is 0 Å². The zero-order valence-electron chi connectivity index (χ0n) is 21.2. The van der Waals surface area contributed by atoms with E-state index in [0.717, 1.165) is 5.56 Å². The fourth-order valence-corrected chi connectivity index (χ4v) is 5.09. The summed E-state index contributed by atoms with van der Waals surface area (Å²) in [7, 11) is 1.59. The molecule has 0 bridgehead atoms. The number of benzene rings is 1. The van der Waals surface area contributed by atoms with E-state index in [0.29, 0.717) is 32.2 Å². The lowest BCUT2D eigenvalue weighted by molar-refractivity contribution is -0.166. The number of hydrogen-bond acceptors (Lipinski definition) is 12. The van der Waals surface area contributed by atoms with Crippen molar-refractivity contribution in [2.45, 2.75) is 45.3 Å². The Bertz CT molecular complexity index is 1570. The molecule has 0 saturated carbocycles. The van der Waals surface area contributed by atoms with Gasteiger partial charge in [0, 0.05) is 48.9 Å². The van der Waals surface area contributed by atoms with E-state index in [1.807, 2.05) is 24.3 Å². The highest BCUT2D eigenvalue weighted by atomic mass is 127. The van der Waals surface area contributed by atoms with Gasteiger partial charge in [-0.1, -0.05) is 0 Å². The molecular formula is C24H23IN6O8. The van der Waals surface area contributed by atoms with Crippen molar-refractivity contribution in [1.82, 2.24) is 29.1 Å². The summed E-state index contributed by atoms with van der Waals surface area (Å²) in [5.74, 6) is -0.506. The first kappa shape index (κ1) is 26.7. The maximum atomic E-state index is 12.0. The fraction of sp³-hybridized carbons (Fsp3) is 0.375. The van der Waals surface area contributed by atoms with E-state index in [1.54, 1.807) is 16.1 Å². The molecule has 1 aliphatic heterocycles. The van der Waals surface area contributed by atoms with Crippen LogP contribution in [0.15, 0.2) is 30.6 Å². The van der Waals surface area contributed by atoms with E-state index >= 15 is 0 Å². The molecule has 1 fully saturated rings. The molecule has 15 heteroatoms. The van der Waals surface area contributed by atoms with Crippen LogP contribution in [0.5, 0.6) is 5.75 Å². The van der Waals surface area contributed by atoms with Crippen LogP contribution >= 0.6 is 22.6 Å². The Kier molecular flexibility index (Phi) is 7.35. The van der Waals surface area contributed by atoms with Crippen LogP contribution < -0.4 is 4.74 Å². The standard InChI is InChI=1S/C24H23IN6O8/c1-11(32)36-9-16-18(37-12(2)33)19(38-13(3)34)23(39-16)30-10-26-17-21(30)27-24(25)31-20(28-29-22(17)31)14-5-7-15(35-4)8-6-14/h5-8,10,16,18-19,23H,9H2,1-4H3/t16-,18-,19-,23-/m1/s1. The van der Waals surface area contributed by atoms with Gasteiger partial charge >= 0.3 is 17.9 Å². The van der Waals surface area contributed by atoms with E-state index < -0.39 is 42.4 Å². The largest absolute Gasteiger partial charge is 0.497 e. The average molecular weight is 650 g/mol. The van der Waals surface area contributed by atoms with Gasteiger partial charge in [-0.2, -0.15) is 0 Å². The summed E-state index contributed by atoms with van der Waals surface area (Å²) in [6.07, 6.45) is -2.57. The summed E-state index contributed by atoms with van der Waals surface area (Å²) < 4.78 is 31.3. The van der Waals surface area contributed by atoms with Crippen molar-refractivity contribution in [2.75, 3.05) is 13.7 Å². The molecule has 14 nitrogen and oxygen atoms in total. The first-order valence-electron chi connectivity index (χ1n) is 11.7. The van der Waals surface area contributed by atoms with Gasteiger partial charge in [0.15, 0.2) is 44.9 Å². The van der Waals surface area contributed by atoms with Crippen LogP contribution in [0.4, 0.5) is 0 Å². The average Bonchev–Trinajstić information content (AvgIpc) is 3.59. The van der Waals surface area contributed by atoms with Crippen LogP contribution in [-0.4, -0.2) is 79.1 Å². The molecule has 4 aromatic rings. The van der Waals surface area contributed by atoms with Crippen LogP contribution in [0.1, 0.15) is 27.0 Å². The van der Waals surface area contributed by atoms with Crippen LogP contribution in [-0.2, 0) is 33.3 Å². The molecule has 4 atom stereocenters. The van der Waals surface area contributed by atoms with E-state index in [4.69, 9.17) is 28.7 Å². The number of rotatable bonds is 7. The minimum atomic E-state index is -1.08. The van der Waals surface area contributed by atoms with Gasteiger partial charge in [-0.3, -0.25) is 23.4 Å². The second kappa shape index (κ2) is 10.7. The Hall–Kier alpha value is -3.86. The number of carbonyl (C=O) groups excluding carboxylic acids is 3. The Labute approximate surface area is 234 Å². The Morgan fingerprint density at radius 1 is 0.974 bits per heavy atom. The molecule has 0 unspecified atom stereocenters. The first-order chi connectivity index (χ1) is 18.7. The molecule has 1 aliphatic rings. The van der Waals surface area contributed by atoms with Crippen molar-refractivity contribution in [3.05, 3.63) is 34.4 Å². The molecule has 0 N–H and O–H groups in total. The number of fused-ring (bicyclic) bond motifs is 3. The van der Waals surface area contributed by atoms with Gasteiger partial charge in [0.1, 0.15) is 18.5 Å². The summed E-state index contributed by atoms with van der Waals surface area (Å²) in [5.41, 5.74) is 2.04. The van der Waals surface area contributed by atoms with Crippen molar-refractivity contribution >= 4 is 57.3 Å². The number of halogens is 1. The molecule has 3 aromatic heterocycles. The summed E-state index contributed by atoms with van der Waals surface area (Å²) in [4.78, 5) is 44.6. The van der Waals surface area contributed by atoms with Crippen molar-refractivity contribution in [1.29, 1.82) is 0 Å². The fourth-order valence-electron chi connectivity index (χ4n) is 4.40. The van der Waals surface area contributed by atoms with Gasteiger partial charge in [-0.25, -0.2) is 9.97 Å². The smallest absolute Gasteiger partial charge is 0.303 e. The van der Waals surface area contributed by atoms with Gasteiger partial charge in [0.05, 0.1) is 13.4 Å². The van der Waals surface area contributed by atoms with Crippen molar-refractivity contribution < 1.29 is 38.1 Å². The number of methoxy groups -OCH3 is 1. The zero-order chi connectivity index (χ0) is 27.8. The van der Waals surface area contributed by atoms with Gasteiger partial charge < -0.3 is 23.7 Å². The van der Waals surface area contributed by atoms with Gasteiger partial charge in [0.2, 0.25) is 0 Å². The van der Waals surface area contributed by atoms with E-state index in [-0.39, 0.29) is 6.61 Å². The molecule has 1 saturated heterocycles. The van der Waals surface area contributed by atoms with Crippen LogP contribution in [0.2, 0.25) is 0 Å². The van der Waals surface area contributed by atoms with E-state index in [9.17, 15) is 14.4 Å². The second-order valence-corrected chi connectivity index (χ2v) is 9.60. The highest BCUT2D eigenvalue weighted by Crippen LogP contribution is 2.37. The maximum absolute atomic E-state index is 12.0.